The molecule has 1 aliphatic rings. The van der Waals surface area contributed by atoms with Gasteiger partial charge in [-0.3, -0.25) is 9.78 Å². The number of hydrogen-bond donors (Lipinski definition) is 1. The number of para-hydroxylation sites is 2. The first-order chi connectivity index (χ1) is 11.1. The lowest BCUT2D eigenvalue weighted by atomic mass is 10.2. The Kier molecular flexibility index (Phi) is 4.73. The summed E-state index contributed by atoms with van der Waals surface area (Å²) >= 11 is 5.79. The van der Waals surface area contributed by atoms with E-state index in [9.17, 15) is 4.79 Å². The van der Waals surface area contributed by atoms with Gasteiger partial charge in [0.25, 0.3) is 5.91 Å². The van der Waals surface area contributed by atoms with E-state index in [0.717, 1.165) is 37.6 Å². The molecule has 0 saturated carbocycles. The standard InChI is InChI=1S/C16H18ClN5O/c1-21-6-8-22(9-7-21)14-5-3-2-4-12(14)20-16(23)13-10-18-11-15(17)19-13/h2-5,10-11H,6-9H2,1H3,(H,20,23). The predicted octanol–water partition coefficient (Wildman–Crippen LogP) is 2.13. The molecule has 1 aliphatic heterocycles. The van der Waals surface area contributed by atoms with Gasteiger partial charge in [0.1, 0.15) is 10.8 Å². The number of benzene rings is 1. The second kappa shape index (κ2) is 6.93. The summed E-state index contributed by atoms with van der Waals surface area (Å²) in [5.41, 5.74) is 1.98. The third-order valence-corrected chi connectivity index (χ3v) is 4.02. The molecule has 0 spiro atoms. The van der Waals surface area contributed by atoms with Crippen molar-refractivity contribution in [3.05, 3.63) is 47.5 Å². The Morgan fingerprint density at radius 1 is 1.17 bits per heavy atom. The highest BCUT2D eigenvalue weighted by molar-refractivity contribution is 6.29. The first-order valence-electron chi connectivity index (χ1n) is 7.45. The number of likely N-dealkylation sites (N-methyl/N-ethyl adjacent to an activating group) is 1. The van der Waals surface area contributed by atoms with Crippen molar-refractivity contribution in [2.75, 3.05) is 43.4 Å². The van der Waals surface area contributed by atoms with E-state index in [0.29, 0.717) is 0 Å². The number of aromatic nitrogens is 2. The summed E-state index contributed by atoms with van der Waals surface area (Å²) in [5.74, 6) is -0.318. The lowest BCUT2D eigenvalue weighted by Gasteiger charge is -2.35. The fourth-order valence-electron chi connectivity index (χ4n) is 2.54. The Morgan fingerprint density at radius 2 is 1.91 bits per heavy atom. The van der Waals surface area contributed by atoms with Crippen LogP contribution in [0.3, 0.4) is 0 Å². The number of nitrogens with zero attached hydrogens (tertiary/aromatic N) is 4. The summed E-state index contributed by atoms with van der Waals surface area (Å²) in [6.07, 6.45) is 2.80. The van der Waals surface area contributed by atoms with E-state index in [1.54, 1.807) is 0 Å². The lowest BCUT2D eigenvalue weighted by molar-refractivity contribution is 0.102. The zero-order valence-corrected chi connectivity index (χ0v) is 13.6. The van der Waals surface area contributed by atoms with Crippen molar-refractivity contribution in [1.82, 2.24) is 14.9 Å². The van der Waals surface area contributed by atoms with Gasteiger partial charge in [-0.25, -0.2) is 4.98 Å². The molecule has 2 aromatic rings. The summed E-state index contributed by atoms with van der Waals surface area (Å²) in [7, 11) is 2.11. The first kappa shape index (κ1) is 15.7. The van der Waals surface area contributed by atoms with E-state index in [-0.39, 0.29) is 16.8 Å². The van der Waals surface area contributed by atoms with Gasteiger partial charge in [0.15, 0.2) is 0 Å². The van der Waals surface area contributed by atoms with Gasteiger partial charge in [-0.05, 0) is 19.2 Å². The second-order valence-corrected chi connectivity index (χ2v) is 5.88. The van der Waals surface area contributed by atoms with Crippen molar-refractivity contribution >= 4 is 28.9 Å². The minimum Gasteiger partial charge on any atom is -0.367 e. The van der Waals surface area contributed by atoms with Gasteiger partial charge in [0, 0.05) is 26.2 Å². The van der Waals surface area contributed by atoms with Crippen molar-refractivity contribution in [3.8, 4) is 0 Å². The van der Waals surface area contributed by atoms with E-state index in [1.165, 1.54) is 12.4 Å². The Hall–Kier alpha value is -2.18. The molecular weight excluding hydrogens is 314 g/mol. The largest absolute Gasteiger partial charge is 0.367 e. The minimum atomic E-state index is -0.318. The maximum atomic E-state index is 12.4. The smallest absolute Gasteiger partial charge is 0.275 e. The van der Waals surface area contributed by atoms with E-state index in [2.05, 4.69) is 32.1 Å². The van der Waals surface area contributed by atoms with E-state index >= 15 is 0 Å². The van der Waals surface area contributed by atoms with Crippen LogP contribution in [0.15, 0.2) is 36.7 Å². The molecule has 1 aromatic carbocycles. The summed E-state index contributed by atoms with van der Waals surface area (Å²) in [5, 5.41) is 3.11. The fraction of sp³-hybridized carbons (Fsp3) is 0.312. The molecule has 2 heterocycles. The molecule has 3 rings (SSSR count). The molecule has 0 radical (unpaired) electrons. The number of carbonyl (C=O) groups is 1. The minimum absolute atomic E-state index is 0.199. The molecular formula is C16H18ClN5O. The fourth-order valence-corrected chi connectivity index (χ4v) is 2.69. The predicted molar refractivity (Wildman–Crippen MR) is 91.1 cm³/mol. The quantitative estimate of drug-likeness (QED) is 0.933. The molecule has 0 unspecified atom stereocenters. The number of rotatable bonds is 3. The van der Waals surface area contributed by atoms with Crippen LogP contribution in [0.5, 0.6) is 0 Å². The SMILES string of the molecule is CN1CCN(c2ccccc2NC(=O)c2cncc(Cl)n2)CC1. The molecule has 0 aliphatic carbocycles. The zero-order valence-electron chi connectivity index (χ0n) is 12.9. The summed E-state index contributed by atoms with van der Waals surface area (Å²) in [4.78, 5) is 24.8. The lowest BCUT2D eigenvalue weighted by Crippen LogP contribution is -2.44. The molecule has 1 N–H and O–H groups in total. The van der Waals surface area contributed by atoms with E-state index in [4.69, 9.17) is 11.6 Å². The van der Waals surface area contributed by atoms with E-state index < -0.39 is 0 Å². The molecule has 1 aromatic heterocycles. The van der Waals surface area contributed by atoms with Crippen LogP contribution in [0.25, 0.3) is 0 Å². The summed E-state index contributed by atoms with van der Waals surface area (Å²) in [6.45, 7) is 3.87. The van der Waals surface area contributed by atoms with Crippen LogP contribution < -0.4 is 10.2 Å². The average molecular weight is 332 g/mol. The van der Waals surface area contributed by atoms with Gasteiger partial charge in [-0.15, -0.1) is 0 Å². The van der Waals surface area contributed by atoms with Crippen LogP contribution in [0, 0.1) is 0 Å². The zero-order chi connectivity index (χ0) is 16.2. The summed E-state index contributed by atoms with van der Waals surface area (Å²) < 4.78 is 0. The van der Waals surface area contributed by atoms with Gasteiger partial charge >= 0.3 is 0 Å². The number of halogens is 1. The molecule has 1 fully saturated rings. The molecule has 0 bridgehead atoms. The summed E-state index contributed by atoms with van der Waals surface area (Å²) in [6, 6.07) is 7.79. The van der Waals surface area contributed by atoms with Gasteiger partial charge < -0.3 is 15.1 Å². The maximum Gasteiger partial charge on any atom is 0.275 e. The van der Waals surface area contributed by atoms with Crippen LogP contribution in [0.1, 0.15) is 10.5 Å². The van der Waals surface area contributed by atoms with Gasteiger partial charge in [0.2, 0.25) is 0 Å². The van der Waals surface area contributed by atoms with Crippen molar-refractivity contribution in [3.63, 3.8) is 0 Å². The molecule has 120 valence electrons. The van der Waals surface area contributed by atoms with Gasteiger partial charge in [0.05, 0.1) is 23.8 Å². The number of amides is 1. The van der Waals surface area contributed by atoms with Crippen LogP contribution in [0.4, 0.5) is 11.4 Å². The average Bonchev–Trinajstić information content (AvgIpc) is 2.56. The van der Waals surface area contributed by atoms with Crippen molar-refractivity contribution in [1.29, 1.82) is 0 Å². The highest BCUT2D eigenvalue weighted by Gasteiger charge is 2.18. The highest BCUT2D eigenvalue weighted by Crippen LogP contribution is 2.26. The molecule has 1 amide bonds. The van der Waals surface area contributed by atoms with E-state index in [1.807, 2.05) is 24.3 Å². The van der Waals surface area contributed by atoms with Crippen molar-refractivity contribution in [2.24, 2.45) is 0 Å². The maximum absolute atomic E-state index is 12.4. The third-order valence-electron chi connectivity index (χ3n) is 3.83. The van der Waals surface area contributed by atoms with Crippen LogP contribution in [0.2, 0.25) is 5.15 Å². The van der Waals surface area contributed by atoms with Crippen molar-refractivity contribution < 1.29 is 4.79 Å². The Balaban J connectivity index is 1.79. The topological polar surface area (TPSA) is 61.4 Å². The number of anilines is 2. The van der Waals surface area contributed by atoms with Crippen molar-refractivity contribution in [2.45, 2.75) is 0 Å². The Labute approximate surface area is 140 Å². The van der Waals surface area contributed by atoms with Gasteiger partial charge in [-0.2, -0.15) is 0 Å². The molecule has 1 saturated heterocycles. The number of hydrogen-bond acceptors (Lipinski definition) is 5. The molecule has 0 atom stereocenters. The molecule has 23 heavy (non-hydrogen) atoms. The second-order valence-electron chi connectivity index (χ2n) is 5.49. The van der Waals surface area contributed by atoms with Crippen LogP contribution in [-0.2, 0) is 0 Å². The highest BCUT2D eigenvalue weighted by atomic mass is 35.5. The first-order valence-corrected chi connectivity index (χ1v) is 7.83. The Morgan fingerprint density at radius 3 is 2.65 bits per heavy atom. The van der Waals surface area contributed by atoms with Crippen LogP contribution in [-0.4, -0.2) is 54.0 Å². The number of piperazine rings is 1. The Bertz CT molecular complexity index is 700. The molecule has 7 heteroatoms. The van der Waals surface area contributed by atoms with Crippen LogP contribution >= 0.6 is 11.6 Å². The normalized spacial score (nSPS) is 15.5. The third kappa shape index (κ3) is 3.78. The number of carbonyl (C=O) groups excluding carboxylic acids is 1. The van der Waals surface area contributed by atoms with Gasteiger partial charge in [-0.1, -0.05) is 23.7 Å². The monoisotopic (exact) mass is 331 g/mol. The number of nitrogens with one attached hydrogen (secondary N) is 1. The molecule has 6 nitrogen and oxygen atoms in total.